The Hall–Kier alpha value is -2.15. The van der Waals surface area contributed by atoms with Crippen molar-refractivity contribution in [2.24, 2.45) is 0 Å². The summed E-state index contributed by atoms with van der Waals surface area (Å²) in [4.78, 5) is 25.9. The van der Waals surface area contributed by atoms with Gasteiger partial charge >= 0.3 is 5.97 Å². The van der Waals surface area contributed by atoms with E-state index in [1.54, 1.807) is 19.1 Å². The molecule has 1 aromatic rings. The highest BCUT2D eigenvalue weighted by Crippen LogP contribution is 2.20. The molecule has 7 nitrogen and oxygen atoms in total. The molecule has 0 radical (unpaired) electrons. The number of anilines is 1. The van der Waals surface area contributed by atoms with Crippen molar-refractivity contribution in [1.29, 1.82) is 0 Å². The van der Waals surface area contributed by atoms with Crippen LogP contribution in [0.3, 0.4) is 0 Å². The minimum Gasteiger partial charge on any atom is -0.465 e. The van der Waals surface area contributed by atoms with Gasteiger partial charge in [-0.2, -0.15) is 0 Å². The summed E-state index contributed by atoms with van der Waals surface area (Å²) in [5.41, 5.74) is 1.07. The van der Waals surface area contributed by atoms with Gasteiger partial charge in [0.2, 0.25) is 0 Å². The minimum absolute atomic E-state index is 0.0969. The lowest BCUT2D eigenvalue weighted by Gasteiger charge is -2.35. The third-order valence-corrected chi connectivity index (χ3v) is 3.46. The van der Waals surface area contributed by atoms with Gasteiger partial charge in [0, 0.05) is 44.0 Å². The molecular formula is C14H19N3O4. The van der Waals surface area contributed by atoms with Crippen molar-refractivity contribution in [3.63, 3.8) is 0 Å². The molecular weight excluding hydrogens is 274 g/mol. The van der Waals surface area contributed by atoms with E-state index >= 15 is 0 Å². The van der Waals surface area contributed by atoms with Crippen LogP contribution in [-0.4, -0.2) is 55.1 Å². The molecule has 0 aliphatic carbocycles. The van der Waals surface area contributed by atoms with Gasteiger partial charge in [-0.1, -0.05) is 0 Å². The Morgan fingerprint density at radius 1 is 1.24 bits per heavy atom. The molecule has 21 heavy (non-hydrogen) atoms. The van der Waals surface area contributed by atoms with Gasteiger partial charge in [-0.25, -0.2) is 0 Å². The Morgan fingerprint density at radius 3 is 2.38 bits per heavy atom. The number of hydrogen-bond acceptors (Lipinski definition) is 6. The number of benzene rings is 1. The van der Waals surface area contributed by atoms with Crippen LogP contribution in [0.4, 0.5) is 11.4 Å². The molecule has 0 spiro atoms. The Bertz CT molecular complexity index is 495. The Kier molecular flexibility index (Phi) is 5.10. The van der Waals surface area contributed by atoms with Gasteiger partial charge in [-0.05, 0) is 19.1 Å². The lowest BCUT2D eigenvalue weighted by Crippen LogP contribution is -2.48. The number of esters is 1. The van der Waals surface area contributed by atoms with Crippen molar-refractivity contribution in [1.82, 2.24) is 4.90 Å². The summed E-state index contributed by atoms with van der Waals surface area (Å²) in [5, 5.41) is 10.6. The van der Waals surface area contributed by atoms with Crippen molar-refractivity contribution in [3.8, 4) is 0 Å². The normalized spacial score (nSPS) is 15.8. The topological polar surface area (TPSA) is 75.9 Å². The number of rotatable bonds is 5. The molecule has 1 heterocycles. The second-order valence-electron chi connectivity index (χ2n) is 4.84. The standard InChI is InChI=1S/C14H19N3O4/c1-2-21-14(18)11-15-7-9-16(10-8-15)12-3-5-13(6-4-12)17(19)20/h3-6H,2,7-11H2,1H3. The smallest absolute Gasteiger partial charge is 0.320 e. The first kappa shape index (κ1) is 15.2. The summed E-state index contributed by atoms with van der Waals surface area (Å²) in [5.74, 6) is -0.193. The van der Waals surface area contributed by atoms with E-state index in [1.807, 2.05) is 0 Å². The molecule has 0 bridgehead atoms. The summed E-state index contributed by atoms with van der Waals surface area (Å²) in [7, 11) is 0. The van der Waals surface area contributed by atoms with Crippen LogP contribution in [0.15, 0.2) is 24.3 Å². The molecule has 1 aliphatic rings. The summed E-state index contributed by atoms with van der Waals surface area (Å²) in [6.45, 7) is 5.65. The fourth-order valence-electron chi connectivity index (χ4n) is 2.34. The zero-order chi connectivity index (χ0) is 15.2. The zero-order valence-corrected chi connectivity index (χ0v) is 12.0. The highest BCUT2D eigenvalue weighted by atomic mass is 16.6. The van der Waals surface area contributed by atoms with Crippen molar-refractivity contribution in [2.45, 2.75) is 6.92 Å². The second kappa shape index (κ2) is 7.03. The molecule has 1 fully saturated rings. The fraction of sp³-hybridized carbons (Fsp3) is 0.500. The number of hydrogen-bond donors (Lipinski definition) is 0. The summed E-state index contributed by atoms with van der Waals surface area (Å²) >= 11 is 0. The highest BCUT2D eigenvalue weighted by molar-refractivity contribution is 5.71. The monoisotopic (exact) mass is 293 g/mol. The van der Waals surface area contributed by atoms with Gasteiger partial charge in [0.05, 0.1) is 18.1 Å². The summed E-state index contributed by atoms with van der Waals surface area (Å²) in [6.07, 6.45) is 0. The molecule has 1 saturated heterocycles. The van der Waals surface area contributed by atoms with E-state index in [4.69, 9.17) is 4.74 Å². The van der Waals surface area contributed by atoms with Crippen molar-refractivity contribution in [2.75, 3.05) is 44.2 Å². The average Bonchev–Trinajstić information content (AvgIpc) is 2.48. The molecule has 0 saturated carbocycles. The maximum absolute atomic E-state index is 11.4. The van der Waals surface area contributed by atoms with Crippen LogP contribution in [-0.2, 0) is 9.53 Å². The Morgan fingerprint density at radius 2 is 1.86 bits per heavy atom. The van der Waals surface area contributed by atoms with Crippen molar-refractivity contribution < 1.29 is 14.5 Å². The first-order valence-electron chi connectivity index (χ1n) is 6.97. The lowest BCUT2D eigenvalue weighted by atomic mass is 10.2. The molecule has 0 amide bonds. The summed E-state index contributed by atoms with van der Waals surface area (Å²) in [6, 6.07) is 6.55. The van der Waals surface area contributed by atoms with Crippen LogP contribution in [0, 0.1) is 10.1 Å². The molecule has 2 rings (SSSR count). The predicted molar refractivity (Wildman–Crippen MR) is 78.4 cm³/mol. The number of nitro benzene ring substituents is 1. The number of nitrogens with zero attached hydrogens (tertiary/aromatic N) is 3. The van der Waals surface area contributed by atoms with Crippen molar-refractivity contribution in [3.05, 3.63) is 34.4 Å². The van der Waals surface area contributed by atoms with Crippen LogP contribution >= 0.6 is 0 Å². The number of ether oxygens (including phenoxy) is 1. The Balaban J connectivity index is 1.86. The quantitative estimate of drug-likeness (QED) is 0.462. The molecule has 0 atom stereocenters. The molecule has 1 aromatic carbocycles. The van der Waals surface area contributed by atoms with E-state index in [9.17, 15) is 14.9 Å². The van der Waals surface area contributed by atoms with Crippen LogP contribution < -0.4 is 4.90 Å². The highest BCUT2D eigenvalue weighted by Gasteiger charge is 2.20. The van der Waals surface area contributed by atoms with E-state index in [1.165, 1.54) is 12.1 Å². The zero-order valence-electron chi connectivity index (χ0n) is 12.0. The van der Waals surface area contributed by atoms with E-state index in [-0.39, 0.29) is 11.7 Å². The minimum atomic E-state index is -0.402. The molecule has 7 heteroatoms. The summed E-state index contributed by atoms with van der Waals surface area (Å²) < 4.78 is 4.93. The first-order chi connectivity index (χ1) is 10.1. The maximum atomic E-state index is 11.4. The van der Waals surface area contributed by atoms with E-state index in [0.29, 0.717) is 13.2 Å². The number of carbonyl (C=O) groups is 1. The SMILES string of the molecule is CCOC(=O)CN1CCN(c2ccc([N+](=O)[O-])cc2)CC1. The van der Waals surface area contributed by atoms with Gasteiger partial charge in [0.1, 0.15) is 0 Å². The molecule has 0 unspecified atom stereocenters. The third-order valence-electron chi connectivity index (χ3n) is 3.46. The average molecular weight is 293 g/mol. The Labute approximate surface area is 123 Å². The lowest BCUT2D eigenvalue weighted by molar-refractivity contribution is -0.384. The van der Waals surface area contributed by atoms with E-state index < -0.39 is 4.92 Å². The van der Waals surface area contributed by atoms with Crippen LogP contribution in [0.25, 0.3) is 0 Å². The van der Waals surface area contributed by atoms with Gasteiger partial charge in [0.25, 0.3) is 5.69 Å². The molecule has 114 valence electrons. The second-order valence-corrected chi connectivity index (χ2v) is 4.84. The third kappa shape index (κ3) is 4.16. The van der Waals surface area contributed by atoms with Gasteiger partial charge < -0.3 is 9.64 Å². The van der Waals surface area contributed by atoms with Crippen molar-refractivity contribution >= 4 is 17.3 Å². The number of non-ortho nitro benzene ring substituents is 1. The van der Waals surface area contributed by atoms with E-state index in [2.05, 4.69) is 9.80 Å². The van der Waals surface area contributed by atoms with Gasteiger partial charge in [-0.15, -0.1) is 0 Å². The van der Waals surface area contributed by atoms with Crippen LogP contribution in [0.5, 0.6) is 0 Å². The first-order valence-corrected chi connectivity index (χ1v) is 6.97. The fourth-order valence-corrected chi connectivity index (χ4v) is 2.34. The number of carbonyl (C=O) groups excluding carboxylic acids is 1. The molecule has 0 aromatic heterocycles. The molecule has 1 aliphatic heterocycles. The van der Waals surface area contributed by atoms with Crippen LogP contribution in [0.2, 0.25) is 0 Å². The van der Waals surface area contributed by atoms with Gasteiger partial charge in [0.15, 0.2) is 0 Å². The van der Waals surface area contributed by atoms with Crippen LogP contribution in [0.1, 0.15) is 6.92 Å². The van der Waals surface area contributed by atoms with Gasteiger partial charge in [-0.3, -0.25) is 19.8 Å². The number of piperazine rings is 1. The molecule has 0 N–H and O–H groups in total. The van der Waals surface area contributed by atoms with E-state index in [0.717, 1.165) is 31.9 Å². The largest absolute Gasteiger partial charge is 0.465 e. The number of nitro groups is 1. The maximum Gasteiger partial charge on any atom is 0.320 e. The predicted octanol–water partition coefficient (Wildman–Crippen LogP) is 1.28.